The van der Waals surface area contributed by atoms with E-state index >= 15 is 0 Å². The summed E-state index contributed by atoms with van der Waals surface area (Å²) in [4.78, 5) is 11.7. The molecule has 88 valence electrons. The maximum absolute atomic E-state index is 11.7. The van der Waals surface area contributed by atoms with Gasteiger partial charge in [0.1, 0.15) is 10.6 Å². The summed E-state index contributed by atoms with van der Waals surface area (Å²) >= 11 is 6.10. The molecule has 0 spiro atoms. The summed E-state index contributed by atoms with van der Waals surface area (Å²) in [5.41, 5.74) is 1.68. The predicted octanol–water partition coefficient (Wildman–Crippen LogP) is 4.11. The Morgan fingerprint density at radius 3 is 2.33 bits per heavy atom. The Balaban J connectivity index is 2.47. The molecular formula is C15H9ClO2. The summed E-state index contributed by atoms with van der Waals surface area (Å²) in [6.07, 6.45) is 0. The molecule has 3 rings (SSSR count). The molecule has 0 radical (unpaired) electrons. The van der Waals surface area contributed by atoms with Crippen LogP contribution in [-0.4, -0.2) is 0 Å². The summed E-state index contributed by atoms with van der Waals surface area (Å²) in [5, 5.41) is 0.966. The van der Waals surface area contributed by atoms with Crippen LogP contribution in [0.1, 0.15) is 0 Å². The second kappa shape index (κ2) is 4.31. The van der Waals surface area contributed by atoms with Gasteiger partial charge in [-0.25, -0.2) is 4.79 Å². The van der Waals surface area contributed by atoms with E-state index < -0.39 is 5.63 Å². The molecule has 18 heavy (non-hydrogen) atoms. The molecule has 0 atom stereocenters. The molecule has 0 fully saturated rings. The van der Waals surface area contributed by atoms with Crippen molar-refractivity contribution in [1.82, 2.24) is 0 Å². The first-order valence-electron chi connectivity index (χ1n) is 5.54. The summed E-state index contributed by atoms with van der Waals surface area (Å²) in [5.74, 6) is 0. The van der Waals surface area contributed by atoms with E-state index in [0.717, 1.165) is 16.5 Å². The van der Waals surface area contributed by atoms with E-state index in [1.54, 1.807) is 6.07 Å². The van der Waals surface area contributed by atoms with Crippen molar-refractivity contribution >= 4 is 22.6 Å². The number of benzene rings is 2. The van der Waals surface area contributed by atoms with E-state index in [1.165, 1.54) is 0 Å². The molecule has 3 aromatic rings. The zero-order valence-corrected chi connectivity index (χ0v) is 10.1. The van der Waals surface area contributed by atoms with Gasteiger partial charge in [0.15, 0.2) is 0 Å². The third-order valence-electron chi connectivity index (χ3n) is 2.82. The molecule has 0 aliphatic rings. The molecule has 3 heteroatoms. The van der Waals surface area contributed by atoms with Crippen LogP contribution < -0.4 is 5.63 Å². The Morgan fingerprint density at radius 1 is 0.889 bits per heavy atom. The van der Waals surface area contributed by atoms with E-state index in [4.69, 9.17) is 16.0 Å². The summed E-state index contributed by atoms with van der Waals surface area (Å²) < 4.78 is 5.17. The Hall–Kier alpha value is -2.06. The smallest absolute Gasteiger partial charge is 0.355 e. The van der Waals surface area contributed by atoms with E-state index in [1.807, 2.05) is 48.5 Å². The maximum atomic E-state index is 11.7. The lowest BCUT2D eigenvalue weighted by Crippen LogP contribution is -2.01. The lowest BCUT2D eigenvalue weighted by molar-refractivity contribution is 0.562. The number of halogens is 1. The summed E-state index contributed by atoms with van der Waals surface area (Å²) in [6, 6.07) is 17.0. The van der Waals surface area contributed by atoms with Gasteiger partial charge in [0.05, 0.1) is 0 Å². The third kappa shape index (κ3) is 1.71. The van der Waals surface area contributed by atoms with Crippen molar-refractivity contribution in [3.8, 4) is 11.1 Å². The average Bonchev–Trinajstić information content (AvgIpc) is 2.41. The molecule has 0 N–H and O–H groups in total. The molecule has 0 saturated carbocycles. The Labute approximate surface area is 108 Å². The SMILES string of the molecule is O=c1oc2ccccc2c(-c2ccccc2)c1Cl. The average molecular weight is 257 g/mol. The van der Waals surface area contributed by atoms with Crippen LogP contribution in [0.25, 0.3) is 22.1 Å². The minimum Gasteiger partial charge on any atom is -0.422 e. The van der Waals surface area contributed by atoms with Crippen LogP contribution in [0.4, 0.5) is 0 Å². The predicted molar refractivity (Wildman–Crippen MR) is 72.9 cm³/mol. The molecule has 1 heterocycles. The second-order valence-corrected chi connectivity index (χ2v) is 4.32. The van der Waals surface area contributed by atoms with E-state index in [-0.39, 0.29) is 5.02 Å². The monoisotopic (exact) mass is 256 g/mol. The second-order valence-electron chi connectivity index (χ2n) is 3.94. The van der Waals surface area contributed by atoms with Gasteiger partial charge in [-0.2, -0.15) is 0 Å². The van der Waals surface area contributed by atoms with Crippen LogP contribution in [0.5, 0.6) is 0 Å². The molecule has 0 bridgehead atoms. The van der Waals surface area contributed by atoms with Crippen LogP contribution in [0, 0.1) is 0 Å². The van der Waals surface area contributed by atoms with Gasteiger partial charge in [-0.15, -0.1) is 0 Å². The minimum absolute atomic E-state index is 0.125. The van der Waals surface area contributed by atoms with Gasteiger partial charge in [0.25, 0.3) is 0 Å². The van der Waals surface area contributed by atoms with Gasteiger partial charge < -0.3 is 4.42 Å². The Morgan fingerprint density at radius 2 is 1.56 bits per heavy atom. The van der Waals surface area contributed by atoms with Gasteiger partial charge in [-0.1, -0.05) is 60.1 Å². The zero-order chi connectivity index (χ0) is 12.5. The third-order valence-corrected chi connectivity index (χ3v) is 3.16. The number of rotatable bonds is 1. The summed E-state index contributed by atoms with van der Waals surface area (Å²) in [6.45, 7) is 0. The van der Waals surface area contributed by atoms with Crippen LogP contribution in [0.15, 0.2) is 63.8 Å². The number of para-hydroxylation sites is 1. The standard InChI is InChI=1S/C15H9ClO2/c16-14-13(10-6-2-1-3-7-10)11-8-4-5-9-12(11)18-15(14)17/h1-9H. The van der Waals surface area contributed by atoms with Crippen LogP contribution in [0.3, 0.4) is 0 Å². The Bertz CT molecular complexity index is 760. The molecule has 0 aliphatic carbocycles. The molecule has 2 nitrogen and oxygen atoms in total. The Kier molecular flexibility index (Phi) is 2.65. The topological polar surface area (TPSA) is 30.2 Å². The van der Waals surface area contributed by atoms with Gasteiger partial charge in [0.2, 0.25) is 0 Å². The van der Waals surface area contributed by atoms with Gasteiger partial charge in [-0.3, -0.25) is 0 Å². The first kappa shape index (κ1) is 11.1. The highest BCUT2D eigenvalue weighted by Crippen LogP contribution is 2.32. The largest absolute Gasteiger partial charge is 0.422 e. The maximum Gasteiger partial charge on any atom is 0.355 e. The fraction of sp³-hybridized carbons (Fsp3) is 0. The van der Waals surface area contributed by atoms with Crippen molar-refractivity contribution in [1.29, 1.82) is 0 Å². The molecular weight excluding hydrogens is 248 g/mol. The van der Waals surface area contributed by atoms with Crippen LogP contribution in [0.2, 0.25) is 5.02 Å². The molecule has 0 unspecified atom stereocenters. The van der Waals surface area contributed by atoms with Gasteiger partial charge in [-0.05, 0) is 11.6 Å². The fourth-order valence-corrected chi connectivity index (χ4v) is 2.26. The molecule has 1 aromatic heterocycles. The molecule has 2 aromatic carbocycles. The van der Waals surface area contributed by atoms with Crippen molar-refractivity contribution < 1.29 is 4.42 Å². The molecule has 0 amide bonds. The quantitative estimate of drug-likeness (QED) is 0.613. The normalized spacial score (nSPS) is 10.7. The van der Waals surface area contributed by atoms with Crippen molar-refractivity contribution in [3.63, 3.8) is 0 Å². The zero-order valence-electron chi connectivity index (χ0n) is 9.39. The highest BCUT2D eigenvalue weighted by atomic mass is 35.5. The lowest BCUT2D eigenvalue weighted by Gasteiger charge is -2.07. The molecule has 0 saturated heterocycles. The fourth-order valence-electron chi connectivity index (χ4n) is 2.01. The van der Waals surface area contributed by atoms with E-state index in [0.29, 0.717) is 5.58 Å². The van der Waals surface area contributed by atoms with Crippen molar-refractivity contribution in [3.05, 3.63) is 70.0 Å². The lowest BCUT2D eigenvalue weighted by atomic mass is 10.0. The number of hydrogen-bond acceptors (Lipinski definition) is 2. The van der Waals surface area contributed by atoms with Crippen LogP contribution >= 0.6 is 11.6 Å². The molecule has 0 aliphatic heterocycles. The van der Waals surface area contributed by atoms with Gasteiger partial charge >= 0.3 is 5.63 Å². The van der Waals surface area contributed by atoms with Crippen molar-refractivity contribution in [2.45, 2.75) is 0 Å². The number of hydrogen-bond donors (Lipinski definition) is 0. The first-order chi connectivity index (χ1) is 8.77. The number of fused-ring (bicyclic) bond motifs is 1. The highest BCUT2D eigenvalue weighted by Gasteiger charge is 2.13. The summed E-state index contributed by atoms with van der Waals surface area (Å²) in [7, 11) is 0. The van der Waals surface area contributed by atoms with E-state index in [2.05, 4.69) is 0 Å². The van der Waals surface area contributed by atoms with Crippen molar-refractivity contribution in [2.75, 3.05) is 0 Å². The van der Waals surface area contributed by atoms with Crippen LogP contribution in [-0.2, 0) is 0 Å². The van der Waals surface area contributed by atoms with Crippen molar-refractivity contribution in [2.24, 2.45) is 0 Å². The first-order valence-corrected chi connectivity index (χ1v) is 5.92. The highest BCUT2D eigenvalue weighted by molar-refractivity contribution is 6.34. The van der Waals surface area contributed by atoms with E-state index in [9.17, 15) is 4.79 Å². The van der Waals surface area contributed by atoms with Gasteiger partial charge in [0, 0.05) is 10.9 Å². The minimum atomic E-state index is -0.505.